The fourth-order valence-electron chi connectivity index (χ4n) is 4.75. The molecule has 1 N–H and O–H groups in total. The van der Waals surface area contributed by atoms with Crippen molar-refractivity contribution < 1.29 is 9.53 Å². The lowest BCUT2D eigenvalue weighted by Gasteiger charge is -2.20. The Kier molecular flexibility index (Phi) is 7.19. The summed E-state index contributed by atoms with van der Waals surface area (Å²) in [7, 11) is 0. The van der Waals surface area contributed by atoms with E-state index in [0.29, 0.717) is 34.3 Å². The van der Waals surface area contributed by atoms with Crippen LogP contribution in [0.3, 0.4) is 0 Å². The van der Waals surface area contributed by atoms with Gasteiger partial charge in [-0.05, 0) is 67.6 Å². The summed E-state index contributed by atoms with van der Waals surface area (Å²) in [5.41, 5.74) is 4.26. The van der Waals surface area contributed by atoms with Crippen molar-refractivity contribution >= 4 is 17.5 Å². The number of ether oxygens (including phenoxy) is 1. The number of aryl methyl sites for hydroxylation is 2. The maximum atomic E-state index is 13.6. The Morgan fingerprint density at radius 3 is 2.54 bits per heavy atom. The highest BCUT2D eigenvalue weighted by atomic mass is 35.5. The highest BCUT2D eigenvalue weighted by Gasteiger charge is 2.29. The van der Waals surface area contributed by atoms with E-state index in [1.54, 1.807) is 21.5 Å². The molecule has 1 aliphatic heterocycles. The minimum absolute atomic E-state index is 0.0214. The quantitative estimate of drug-likeness (QED) is 0.289. The van der Waals surface area contributed by atoms with E-state index in [9.17, 15) is 9.59 Å². The van der Waals surface area contributed by atoms with Crippen molar-refractivity contribution in [3.63, 3.8) is 0 Å². The van der Waals surface area contributed by atoms with Crippen molar-refractivity contribution in [2.24, 2.45) is 0 Å². The highest BCUT2D eigenvalue weighted by molar-refractivity contribution is 6.30. The molecule has 7 heteroatoms. The standard InChI is InChI=1S/C30H30ClN3O3/c1-3-21-11-14-25(15-12-21)34-29(36)26-18-23-17-24(31)13-16-27(23)37-30(26)33(34)19-28(35)32-20(2)9-10-22-7-5-4-6-8-22/h4-8,11-17,20H,3,9-10,18-19H2,1-2H3,(H,32,35). The van der Waals surface area contributed by atoms with E-state index in [-0.39, 0.29) is 24.1 Å². The van der Waals surface area contributed by atoms with Gasteiger partial charge in [-0.15, -0.1) is 0 Å². The molecule has 5 rings (SSSR count). The molecule has 0 aliphatic carbocycles. The van der Waals surface area contributed by atoms with Crippen LogP contribution in [0.5, 0.6) is 11.6 Å². The Bertz CT molecular complexity index is 1470. The van der Waals surface area contributed by atoms with Crippen LogP contribution in [0.2, 0.25) is 5.02 Å². The molecule has 0 saturated heterocycles. The van der Waals surface area contributed by atoms with Gasteiger partial charge in [0.15, 0.2) is 0 Å². The first-order valence-electron chi connectivity index (χ1n) is 12.7. The Labute approximate surface area is 221 Å². The van der Waals surface area contributed by atoms with Crippen LogP contribution in [0.1, 0.15) is 42.5 Å². The van der Waals surface area contributed by atoms with Gasteiger partial charge < -0.3 is 10.1 Å². The number of halogens is 1. The molecule has 0 bridgehead atoms. The van der Waals surface area contributed by atoms with Gasteiger partial charge in [-0.1, -0.05) is 61.0 Å². The highest BCUT2D eigenvalue weighted by Crippen LogP contribution is 2.37. The number of carbonyl (C=O) groups excluding carboxylic acids is 1. The first-order valence-corrected chi connectivity index (χ1v) is 13.0. The maximum absolute atomic E-state index is 13.6. The minimum Gasteiger partial charge on any atom is -0.439 e. The molecule has 2 heterocycles. The number of fused-ring (bicyclic) bond motifs is 2. The number of nitrogens with one attached hydrogen (secondary N) is 1. The second-order valence-corrected chi connectivity index (χ2v) is 9.94. The molecule has 1 unspecified atom stereocenters. The molecule has 0 saturated carbocycles. The average Bonchev–Trinajstić information content (AvgIpc) is 3.16. The summed E-state index contributed by atoms with van der Waals surface area (Å²) in [6.45, 7) is 4.04. The summed E-state index contributed by atoms with van der Waals surface area (Å²) >= 11 is 6.19. The summed E-state index contributed by atoms with van der Waals surface area (Å²) < 4.78 is 9.40. The van der Waals surface area contributed by atoms with Gasteiger partial charge in [-0.3, -0.25) is 9.59 Å². The Hall–Kier alpha value is -3.77. The minimum atomic E-state index is -0.199. The van der Waals surface area contributed by atoms with Crippen molar-refractivity contribution in [2.45, 2.75) is 52.1 Å². The molecule has 0 spiro atoms. The van der Waals surface area contributed by atoms with Crippen molar-refractivity contribution in [3.05, 3.63) is 110 Å². The molecule has 1 atom stereocenters. The van der Waals surface area contributed by atoms with Crippen molar-refractivity contribution in [3.8, 4) is 17.3 Å². The Morgan fingerprint density at radius 1 is 1.05 bits per heavy atom. The van der Waals surface area contributed by atoms with Crippen LogP contribution in [-0.2, 0) is 30.6 Å². The number of amides is 1. The molecular weight excluding hydrogens is 486 g/mol. The molecule has 0 fully saturated rings. The van der Waals surface area contributed by atoms with E-state index < -0.39 is 0 Å². The second-order valence-electron chi connectivity index (χ2n) is 9.50. The average molecular weight is 516 g/mol. The molecular formula is C30H30ClN3O3. The predicted molar refractivity (Wildman–Crippen MR) is 146 cm³/mol. The molecule has 3 aromatic carbocycles. The van der Waals surface area contributed by atoms with Gasteiger partial charge in [0.25, 0.3) is 5.56 Å². The third-order valence-corrected chi connectivity index (χ3v) is 7.01. The van der Waals surface area contributed by atoms with Crippen molar-refractivity contribution in [1.29, 1.82) is 0 Å². The van der Waals surface area contributed by atoms with Crippen LogP contribution < -0.4 is 15.6 Å². The number of benzene rings is 3. The number of rotatable bonds is 8. The molecule has 4 aromatic rings. The van der Waals surface area contributed by atoms with E-state index >= 15 is 0 Å². The second kappa shape index (κ2) is 10.7. The monoisotopic (exact) mass is 515 g/mol. The Balaban J connectivity index is 1.43. The third-order valence-electron chi connectivity index (χ3n) is 6.78. The van der Waals surface area contributed by atoms with Gasteiger partial charge in [0.2, 0.25) is 11.8 Å². The molecule has 37 heavy (non-hydrogen) atoms. The van der Waals surface area contributed by atoms with Crippen LogP contribution in [0.15, 0.2) is 77.6 Å². The zero-order valence-electron chi connectivity index (χ0n) is 21.0. The summed E-state index contributed by atoms with van der Waals surface area (Å²) in [6.07, 6.45) is 2.97. The molecule has 6 nitrogen and oxygen atoms in total. The van der Waals surface area contributed by atoms with Gasteiger partial charge in [0.05, 0.1) is 11.3 Å². The topological polar surface area (TPSA) is 65.3 Å². The first kappa shape index (κ1) is 24.9. The van der Waals surface area contributed by atoms with Gasteiger partial charge in [0.1, 0.15) is 12.3 Å². The fraction of sp³-hybridized carbons (Fsp3) is 0.267. The summed E-state index contributed by atoms with van der Waals surface area (Å²) in [6, 6.07) is 23.4. The predicted octanol–water partition coefficient (Wildman–Crippen LogP) is 5.69. The molecule has 1 aromatic heterocycles. The molecule has 1 aliphatic rings. The Morgan fingerprint density at radius 2 is 1.81 bits per heavy atom. The fourth-order valence-corrected chi connectivity index (χ4v) is 4.94. The normalized spacial score (nSPS) is 12.8. The summed E-state index contributed by atoms with van der Waals surface area (Å²) in [5, 5.41) is 3.68. The van der Waals surface area contributed by atoms with Gasteiger partial charge >= 0.3 is 0 Å². The van der Waals surface area contributed by atoms with E-state index in [1.807, 2.05) is 55.5 Å². The van der Waals surface area contributed by atoms with Crippen molar-refractivity contribution in [1.82, 2.24) is 14.7 Å². The van der Waals surface area contributed by atoms with Crippen molar-refractivity contribution in [2.75, 3.05) is 0 Å². The zero-order valence-corrected chi connectivity index (χ0v) is 21.8. The summed E-state index contributed by atoms with van der Waals surface area (Å²) in [5.74, 6) is 0.857. The first-order chi connectivity index (χ1) is 17.9. The largest absolute Gasteiger partial charge is 0.439 e. The lowest BCUT2D eigenvalue weighted by Crippen LogP contribution is -2.37. The molecule has 0 radical (unpaired) electrons. The van der Waals surface area contributed by atoms with Gasteiger partial charge in [-0.25, -0.2) is 9.36 Å². The summed E-state index contributed by atoms with van der Waals surface area (Å²) in [4.78, 5) is 26.8. The molecule has 190 valence electrons. The zero-order chi connectivity index (χ0) is 25.9. The lowest BCUT2D eigenvalue weighted by atomic mass is 10.0. The number of hydrogen-bond acceptors (Lipinski definition) is 3. The van der Waals surface area contributed by atoms with Crippen LogP contribution >= 0.6 is 11.6 Å². The van der Waals surface area contributed by atoms with E-state index in [2.05, 4.69) is 24.4 Å². The molecule has 1 amide bonds. The van der Waals surface area contributed by atoms with Crippen LogP contribution in [0.4, 0.5) is 0 Å². The van der Waals surface area contributed by atoms with Crippen LogP contribution in [-0.4, -0.2) is 21.3 Å². The van der Waals surface area contributed by atoms with E-state index in [4.69, 9.17) is 16.3 Å². The van der Waals surface area contributed by atoms with Gasteiger partial charge in [-0.2, -0.15) is 0 Å². The van der Waals surface area contributed by atoms with E-state index in [0.717, 1.165) is 24.8 Å². The van der Waals surface area contributed by atoms with E-state index in [1.165, 1.54) is 11.1 Å². The lowest BCUT2D eigenvalue weighted by molar-refractivity contribution is -0.122. The smallest absolute Gasteiger partial charge is 0.278 e. The SMILES string of the molecule is CCc1ccc(-n2c(=O)c3c(n2CC(=O)NC(C)CCc2ccccc2)Oc2ccc(Cl)cc2C3)cc1. The number of nitrogens with zero attached hydrogens (tertiary/aromatic N) is 2. The third kappa shape index (κ3) is 5.35. The van der Waals surface area contributed by atoms with Gasteiger partial charge in [0, 0.05) is 23.0 Å². The maximum Gasteiger partial charge on any atom is 0.278 e. The van der Waals surface area contributed by atoms with Crippen LogP contribution in [0, 0.1) is 0 Å². The number of hydrogen-bond donors (Lipinski definition) is 1. The van der Waals surface area contributed by atoms with Crippen LogP contribution in [0.25, 0.3) is 5.69 Å². The number of carbonyl (C=O) groups is 1. The number of aromatic nitrogens is 2.